The second kappa shape index (κ2) is 6.19. The number of nitrogens with zero attached hydrogens (tertiary/aromatic N) is 1. The third-order valence-electron chi connectivity index (χ3n) is 2.47. The summed E-state index contributed by atoms with van der Waals surface area (Å²) in [5.41, 5.74) is 6.50. The van der Waals surface area contributed by atoms with Crippen molar-refractivity contribution >= 4 is 33.4 Å². The van der Waals surface area contributed by atoms with E-state index in [1.165, 1.54) is 18.3 Å². The summed E-state index contributed by atoms with van der Waals surface area (Å²) in [5, 5.41) is 7.34. The number of ether oxygens (including phenoxy) is 1. The topological polar surface area (TPSA) is 72.0 Å². The molecule has 104 valence electrons. The summed E-state index contributed by atoms with van der Waals surface area (Å²) in [6.45, 7) is 0.197. The molecule has 1 heterocycles. The summed E-state index contributed by atoms with van der Waals surface area (Å²) in [6, 6.07) is 6.01. The van der Waals surface area contributed by atoms with Crippen molar-refractivity contribution in [3.05, 3.63) is 57.0 Å². The van der Waals surface area contributed by atoms with Crippen LogP contribution in [0.1, 0.15) is 11.3 Å². The number of amidine groups is 1. The Hall–Kier alpha value is -1.66. The molecule has 0 fully saturated rings. The third-order valence-corrected chi connectivity index (χ3v) is 3.38. The summed E-state index contributed by atoms with van der Waals surface area (Å²) >= 11 is 8.90. The smallest absolute Gasteiger partial charge is 0.145 e. The number of halogens is 3. The minimum Gasteiger partial charge on any atom is -0.488 e. The summed E-state index contributed by atoms with van der Waals surface area (Å²) in [5.74, 6) is -0.331. The Labute approximate surface area is 128 Å². The Morgan fingerprint density at radius 3 is 2.90 bits per heavy atom. The standard InChI is InChI=1S/C13H10BrClFN3O/c14-8-4-9(15)10(16)5-12(8)20-6-7-1-2-19-11(3-7)13(17)18/h1-5H,6H2,(H3,17,18). The van der Waals surface area contributed by atoms with Gasteiger partial charge in [0, 0.05) is 12.3 Å². The molecule has 0 bridgehead atoms. The summed E-state index contributed by atoms with van der Waals surface area (Å²) in [4.78, 5) is 3.95. The fraction of sp³-hybridized carbons (Fsp3) is 0.0769. The highest BCUT2D eigenvalue weighted by Crippen LogP contribution is 2.31. The van der Waals surface area contributed by atoms with Gasteiger partial charge in [-0.3, -0.25) is 10.4 Å². The Balaban J connectivity index is 2.15. The molecule has 0 atom stereocenters. The van der Waals surface area contributed by atoms with Gasteiger partial charge in [-0.2, -0.15) is 0 Å². The Morgan fingerprint density at radius 1 is 1.45 bits per heavy atom. The molecule has 0 radical (unpaired) electrons. The highest BCUT2D eigenvalue weighted by molar-refractivity contribution is 9.10. The van der Waals surface area contributed by atoms with Gasteiger partial charge >= 0.3 is 0 Å². The van der Waals surface area contributed by atoms with Crippen LogP contribution in [0.15, 0.2) is 34.9 Å². The fourth-order valence-electron chi connectivity index (χ4n) is 1.49. The normalized spacial score (nSPS) is 10.3. The van der Waals surface area contributed by atoms with Crippen molar-refractivity contribution in [2.75, 3.05) is 0 Å². The van der Waals surface area contributed by atoms with Gasteiger partial charge in [0.05, 0.1) is 9.50 Å². The van der Waals surface area contributed by atoms with Crippen LogP contribution < -0.4 is 10.5 Å². The van der Waals surface area contributed by atoms with Crippen LogP contribution in [0.4, 0.5) is 4.39 Å². The van der Waals surface area contributed by atoms with Crippen molar-refractivity contribution in [2.45, 2.75) is 6.61 Å². The van der Waals surface area contributed by atoms with E-state index in [0.717, 1.165) is 5.56 Å². The average molecular weight is 359 g/mol. The van der Waals surface area contributed by atoms with E-state index in [0.29, 0.717) is 15.9 Å². The van der Waals surface area contributed by atoms with Crippen LogP contribution in [0, 0.1) is 11.2 Å². The zero-order valence-electron chi connectivity index (χ0n) is 10.2. The minimum absolute atomic E-state index is 0.0204. The molecule has 1 aromatic carbocycles. The molecule has 2 aromatic rings. The summed E-state index contributed by atoms with van der Waals surface area (Å²) < 4.78 is 19.4. The van der Waals surface area contributed by atoms with Gasteiger partial charge in [0.2, 0.25) is 0 Å². The lowest BCUT2D eigenvalue weighted by Gasteiger charge is -2.09. The van der Waals surface area contributed by atoms with Gasteiger partial charge in [-0.1, -0.05) is 11.6 Å². The number of pyridine rings is 1. The minimum atomic E-state index is -0.552. The predicted octanol–water partition coefficient (Wildman–Crippen LogP) is 3.50. The molecule has 0 saturated heterocycles. The molecule has 0 amide bonds. The Morgan fingerprint density at radius 2 is 2.20 bits per heavy atom. The number of rotatable bonds is 4. The zero-order valence-corrected chi connectivity index (χ0v) is 12.5. The largest absolute Gasteiger partial charge is 0.488 e. The molecule has 20 heavy (non-hydrogen) atoms. The van der Waals surface area contributed by atoms with Crippen LogP contribution in [-0.2, 0) is 6.61 Å². The van der Waals surface area contributed by atoms with E-state index in [9.17, 15) is 4.39 Å². The lowest BCUT2D eigenvalue weighted by molar-refractivity contribution is 0.302. The van der Waals surface area contributed by atoms with Crippen LogP contribution in [0.25, 0.3) is 0 Å². The highest BCUT2D eigenvalue weighted by Gasteiger charge is 2.08. The zero-order chi connectivity index (χ0) is 14.7. The highest BCUT2D eigenvalue weighted by atomic mass is 79.9. The van der Waals surface area contributed by atoms with Crippen LogP contribution in [0.5, 0.6) is 5.75 Å². The number of benzene rings is 1. The van der Waals surface area contributed by atoms with Crippen LogP contribution >= 0.6 is 27.5 Å². The molecular formula is C13H10BrClFN3O. The van der Waals surface area contributed by atoms with E-state index in [-0.39, 0.29) is 17.5 Å². The molecule has 0 spiro atoms. The first-order valence-electron chi connectivity index (χ1n) is 5.54. The molecule has 7 heteroatoms. The molecule has 0 aliphatic heterocycles. The Kier molecular flexibility index (Phi) is 4.57. The number of aromatic nitrogens is 1. The van der Waals surface area contributed by atoms with E-state index in [1.807, 2.05) is 0 Å². The second-order valence-electron chi connectivity index (χ2n) is 3.95. The van der Waals surface area contributed by atoms with Gasteiger partial charge in [0.25, 0.3) is 0 Å². The molecule has 2 rings (SSSR count). The molecule has 0 saturated carbocycles. The lowest BCUT2D eigenvalue weighted by atomic mass is 10.2. The van der Waals surface area contributed by atoms with E-state index < -0.39 is 5.82 Å². The number of nitrogen functional groups attached to an aromatic ring is 1. The SMILES string of the molecule is N=C(N)c1cc(COc2cc(F)c(Cl)cc2Br)ccn1. The molecule has 4 nitrogen and oxygen atoms in total. The van der Waals surface area contributed by atoms with Crippen molar-refractivity contribution in [1.82, 2.24) is 4.98 Å². The van der Waals surface area contributed by atoms with Crippen LogP contribution in [0.3, 0.4) is 0 Å². The van der Waals surface area contributed by atoms with Crippen LogP contribution in [0.2, 0.25) is 5.02 Å². The van der Waals surface area contributed by atoms with Crippen molar-refractivity contribution in [1.29, 1.82) is 5.41 Å². The maximum Gasteiger partial charge on any atom is 0.145 e. The van der Waals surface area contributed by atoms with E-state index in [4.69, 9.17) is 27.5 Å². The van der Waals surface area contributed by atoms with Gasteiger partial charge in [0.15, 0.2) is 0 Å². The summed E-state index contributed by atoms with van der Waals surface area (Å²) in [7, 11) is 0. The van der Waals surface area contributed by atoms with Crippen molar-refractivity contribution in [3.8, 4) is 5.75 Å². The quantitative estimate of drug-likeness (QED) is 0.499. The van der Waals surface area contributed by atoms with Gasteiger partial charge in [-0.05, 0) is 39.7 Å². The first kappa shape index (κ1) is 14.7. The second-order valence-corrected chi connectivity index (χ2v) is 5.21. The number of nitrogens with one attached hydrogen (secondary N) is 1. The van der Waals surface area contributed by atoms with Gasteiger partial charge in [-0.15, -0.1) is 0 Å². The van der Waals surface area contributed by atoms with E-state index in [1.54, 1.807) is 12.1 Å². The maximum atomic E-state index is 13.4. The predicted molar refractivity (Wildman–Crippen MR) is 78.7 cm³/mol. The fourth-order valence-corrected chi connectivity index (χ4v) is 2.24. The molecule has 3 N–H and O–H groups in total. The summed E-state index contributed by atoms with van der Waals surface area (Å²) in [6.07, 6.45) is 1.53. The number of hydrogen-bond acceptors (Lipinski definition) is 3. The van der Waals surface area contributed by atoms with Gasteiger partial charge in [-0.25, -0.2) is 4.39 Å². The van der Waals surface area contributed by atoms with Crippen molar-refractivity contribution in [3.63, 3.8) is 0 Å². The first-order valence-corrected chi connectivity index (χ1v) is 6.71. The maximum absolute atomic E-state index is 13.4. The number of hydrogen-bond donors (Lipinski definition) is 2. The monoisotopic (exact) mass is 357 g/mol. The third kappa shape index (κ3) is 3.46. The number of nitrogens with two attached hydrogens (primary N) is 1. The first-order chi connectivity index (χ1) is 9.47. The molecule has 0 aliphatic carbocycles. The average Bonchev–Trinajstić information content (AvgIpc) is 2.41. The van der Waals surface area contributed by atoms with E-state index >= 15 is 0 Å². The van der Waals surface area contributed by atoms with Crippen LogP contribution in [-0.4, -0.2) is 10.8 Å². The van der Waals surface area contributed by atoms with Crippen molar-refractivity contribution in [2.24, 2.45) is 5.73 Å². The van der Waals surface area contributed by atoms with E-state index in [2.05, 4.69) is 20.9 Å². The lowest BCUT2D eigenvalue weighted by Crippen LogP contribution is -2.13. The molecule has 1 aromatic heterocycles. The molecular weight excluding hydrogens is 349 g/mol. The molecule has 0 aliphatic rings. The van der Waals surface area contributed by atoms with Gasteiger partial charge in [0.1, 0.15) is 29.7 Å². The van der Waals surface area contributed by atoms with Crippen molar-refractivity contribution < 1.29 is 9.13 Å². The van der Waals surface area contributed by atoms with Gasteiger partial charge < -0.3 is 10.5 Å². The molecule has 0 unspecified atom stereocenters. The Bertz CT molecular complexity index is 666.